The molecule has 0 aromatic heterocycles. The van der Waals surface area contributed by atoms with E-state index in [4.69, 9.17) is 16.3 Å². The number of rotatable bonds is 3. The maximum absolute atomic E-state index is 10.8. The second-order valence-electron chi connectivity index (χ2n) is 4.02. The van der Waals surface area contributed by atoms with Crippen LogP contribution in [0.3, 0.4) is 0 Å². The summed E-state index contributed by atoms with van der Waals surface area (Å²) in [5.74, 6) is 0.119. The number of nitro benzene ring substituents is 1. The molecule has 2 rings (SSSR count). The zero-order chi connectivity index (χ0) is 12.4. The van der Waals surface area contributed by atoms with Gasteiger partial charge in [0.1, 0.15) is 6.10 Å². The van der Waals surface area contributed by atoms with Crippen LogP contribution in [0, 0.1) is 10.1 Å². The molecule has 0 amide bonds. The van der Waals surface area contributed by atoms with Gasteiger partial charge in [-0.2, -0.15) is 0 Å². The van der Waals surface area contributed by atoms with Gasteiger partial charge < -0.3 is 9.84 Å². The average molecular weight is 258 g/mol. The van der Waals surface area contributed by atoms with Crippen molar-refractivity contribution < 1.29 is 14.8 Å². The minimum absolute atomic E-state index is 0.119. The zero-order valence-electron chi connectivity index (χ0n) is 9.01. The van der Waals surface area contributed by atoms with E-state index in [1.807, 2.05) is 0 Å². The first kappa shape index (κ1) is 12.1. The van der Waals surface area contributed by atoms with Crippen molar-refractivity contribution in [1.29, 1.82) is 0 Å². The molecule has 1 fully saturated rings. The Kier molecular flexibility index (Phi) is 3.49. The third-order valence-corrected chi connectivity index (χ3v) is 3.05. The quantitative estimate of drug-likeness (QED) is 0.667. The summed E-state index contributed by atoms with van der Waals surface area (Å²) in [5.41, 5.74) is -0.131. The number of aliphatic hydroxyl groups is 1. The Morgan fingerprint density at radius 2 is 2.24 bits per heavy atom. The van der Waals surface area contributed by atoms with Crippen LogP contribution >= 0.6 is 11.6 Å². The van der Waals surface area contributed by atoms with E-state index in [0.29, 0.717) is 17.9 Å². The molecule has 6 heteroatoms. The Morgan fingerprint density at radius 1 is 1.47 bits per heavy atom. The molecular formula is C11H12ClNO4. The predicted molar refractivity (Wildman–Crippen MR) is 62.4 cm³/mol. The van der Waals surface area contributed by atoms with Crippen molar-refractivity contribution in [2.24, 2.45) is 0 Å². The number of benzene rings is 1. The third kappa shape index (κ3) is 2.68. The number of halogens is 1. The highest BCUT2D eigenvalue weighted by molar-refractivity contribution is 6.30. The van der Waals surface area contributed by atoms with Crippen molar-refractivity contribution in [2.45, 2.75) is 31.5 Å². The van der Waals surface area contributed by atoms with Gasteiger partial charge in [-0.3, -0.25) is 10.1 Å². The molecule has 92 valence electrons. The van der Waals surface area contributed by atoms with Gasteiger partial charge in [0, 0.05) is 17.2 Å². The van der Waals surface area contributed by atoms with Gasteiger partial charge in [0.25, 0.3) is 0 Å². The summed E-state index contributed by atoms with van der Waals surface area (Å²) in [6, 6.07) is 4.15. The Hall–Kier alpha value is -1.33. The van der Waals surface area contributed by atoms with E-state index in [1.54, 1.807) is 0 Å². The first-order valence-corrected chi connectivity index (χ1v) is 5.74. The third-order valence-electron chi connectivity index (χ3n) is 2.81. The fraction of sp³-hybridized carbons (Fsp3) is 0.455. The molecular weight excluding hydrogens is 246 g/mol. The highest BCUT2D eigenvalue weighted by Gasteiger charge is 2.29. The lowest BCUT2D eigenvalue weighted by Gasteiger charge is -2.16. The number of hydrogen-bond donors (Lipinski definition) is 1. The van der Waals surface area contributed by atoms with E-state index in [9.17, 15) is 15.2 Å². The second-order valence-corrected chi connectivity index (χ2v) is 4.46. The van der Waals surface area contributed by atoms with E-state index in [0.717, 1.165) is 6.42 Å². The van der Waals surface area contributed by atoms with Gasteiger partial charge in [-0.1, -0.05) is 11.6 Å². The Balaban J connectivity index is 2.24. The summed E-state index contributed by atoms with van der Waals surface area (Å²) in [6.45, 7) is 0. The standard InChI is InChI=1S/C11H12ClNO4/c12-7-4-5-8(13(15)16)11(6-7)17-10-3-1-2-9(10)14/h4-6,9-10,14H,1-3H2/t9-,10-/m1/s1. The predicted octanol–water partition coefficient (Wildman–Crippen LogP) is 2.54. The SMILES string of the molecule is O=[N+]([O-])c1ccc(Cl)cc1O[C@@H]1CCC[C@H]1O. The number of nitrogens with zero attached hydrogens (tertiary/aromatic N) is 1. The maximum atomic E-state index is 10.8. The normalized spacial score (nSPS) is 23.6. The Morgan fingerprint density at radius 3 is 2.82 bits per heavy atom. The molecule has 17 heavy (non-hydrogen) atoms. The number of ether oxygens (including phenoxy) is 1. The molecule has 0 aliphatic heterocycles. The molecule has 0 saturated heterocycles. The monoisotopic (exact) mass is 257 g/mol. The van der Waals surface area contributed by atoms with Gasteiger partial charge in [0.15, 0.2) is 5.75 Å². The lowest BCUT2D eigenvalue weighted by molar-refractivity contribution is -0.386. The lowest BCUT2D eigenvalue weighted by atomic mass is 10.2. The molecule has 1 saturated carbocycles. The highest BCUT2D eigenvalue weighted by Crippen LogP contribution is 2.33. The van der Waals surface area contributed by atoms with Crippen molar-refractivity contribution >= 4 is 17.3 Å². The van der Waals surface area contributed by atoms with Crippen LogP contribution in [0.4, 0.5) is 5.69 Å². The summed E-state index contributed by atoms with van der Waals surface area (Å²) in [7, 11) is 0. The molecule has 1 aliphatic rings. The van der Waals surface area contributed by atoms with Crippen LogP contribution in [0.2, 0.25) is 5.02 Å². The smallest absolute Gasteiger partial charge is 0.311 e. The van der Waals surface area contributed by atoms with Crippen molar-refractivity contribution in [1.82, 2.24) is 0 Å². The van der Waals surface area contributed by atoms with Crippen LogP contribution < -0.4 is 4.74 Å². The van der Waals surface area contributed by atoms with Crippen LogP contribution in [-0.4, -0.2) is 22.2 Å². The van der Waals surface area contributed by atoms with Crippen LogP contribution in [0.1, 0.15) is 19.3 Å². The molecule has 0 spiro atoms. The average Bonchev–Trinajstić information content (AvgIpc) is 2.64. The molecule has 2 atom stereocenters. The number of hydrogen-bond acceptors (Lipinski definition) is 4. The Bertz CT molecular complexity index is 437. The number of aliphatic hydroxyl groups excluding tert-OH is 1. The topological polar surface area (TPSA) is 72.6 Å². The maximum Gasteiger partial charge on any atom is 0.311 e. The molecule has 5 nitrogen and oxygen atoms in total. The van der Waals surface area contributed by atoms with Gasteiger partial charge in [-0.15, -0.1) is 0 Å². The van der Waals surface area contributed by atoms with Gasteiger partial charge in [0.05, 0.1) is 11.0 Å². The van der Waals surface area contributed by atoms with Crippen molar-refractivity contribution in [3.05, 3.63) is 33.3 Å². The fourth-order valence-corrected chi connectivity index (χ4v) is 2.10. The van der Waals surface area contributed by atoms with E-state index >= 15 is 0 Å². The summed E-state index contributed by atoms with van der Waals surface area (Å²) in [4.78, 5) is 10.3. The molecule has 0 radical (unpaired) electrons. The molecule has 1 aromatic rings. The van der Waals surface area contributed by atoms with Gasteiger partial charge in [0.2, 0.25) is 0 Å². The first-order valence-electron chi connectivity index (χ1n) is 5.36. The summed E-state index contributed by atoms with van der Waals surface area (Å²) in [5, 5.41) is 20.8. The molecule has 1 N–H and O–H groups in total. The highest BCUT2D eigenvalue weighted by atomic mass is 35.5. The van der Waals surface area contributed by atoms with Crippen LogP contribution in [0.5, 0.6) is 5.75 Å². The summed E-state index contributed by atoms with van der Waals surface area (Å²) in [6.07, 6.45) is 1.28. The first-order chi connectivity index (χ1) is 8.08. The van der Waals surface area contributed by atoms with E-state index in [1.165, 1.54) is 18.2 Å². The molecule has 1 aromatic carbocycles. The summed E-state index contributed by atoms with van der Waals surface area (Å²) < 4.78 is 5.48. The molecule has 1 aliphatic carbocycles. The van der Waals surface area contributed by atoms with Crippen LogP contribution in [0.25, 0.3) is 0 Å². The fourth-order valence-electron chi connectivity index (χ4n) is 1.94. The van der Waals surface area contributed by atoms with E-state index < -0.39 is 11.0 Å². The van der Waals surface area contributed by atoms with Crippen molar-refractivity contribution in [3.8, 4) is 5.75 Å². The molecule has 0 heterocycles. The summed E-state index contributed by atoms with van der Waals surface area (Å²) >= 11 is 5.78. The lowest BCUT2D eigenvalue weighted by Crippen LogP contribution is -2.25. The molecule has 0 unspecified atom stereocenters. The van der Waals surface area contributed by atoms with E-state index in [2.05, 4.69) is 0 Å². The van der Waals surface area contributed by atoms with Crippen LogP contribution in [0.15, 0.2) is 18.2 Å². The molecule has 0 bridgehead atoms. The minimum Gasteiger partial charge on any atom is -0.481 e. The largest absolute Gasteiger partial charge is 0.481 e. The van der Waals surface area contributed by atoms with Gasteiger partial charge in [-0.05, 0) is 25.3 Å². The second kappa shape index (κ2) is 4.89. The van der Waals surface area contributed by atoms with E-state index in [-0.39, 0.29) is 17.5 Å². The van der Waals surface area contributed by atoms with Crippen LogP contribution in [-0.2, 0) is 0 Å². The minimum atomic E-state index is -0.561. The van der Waals surface area contributed by atoms with Gasteiger partial charge >= 0.3 is 5.69 Å². The Labute approximate surface area is 103 Å². The zero-order valence-corrected chi connectivity index (χ0v) is 9.76. The van der Waals surface area contributed by atoms with Crippen molar-refractivity contribution in [3.63, 3.8) is 0 Å². The van der Waals surface area contributed by atoms with Gasteiger partial charge in [-0.25, -0.2) is 0 Å². The number of nitro groups is 1. The van der Waals surface area contributed by atoms with Crippen molar-refractivity contribution in [2.75, 3.05) is 0 Å².